The number of aryl methyl sites for hydroxylation is 1. The Hall–Kier alpha value is -2.93. The topological polar surface area (TPSA) is 52.5 Å². The van der Waals surface area contributed by atoms with Crippen LogP contribution < -0.4 is 0 Å². The molecule has 4 rings (SSSR count). The summed E-state index contributed by atoms with van der Waals surface area (Å²) in [6.45, 7) is 0. The smallest absolute Gasteiger partial charge is 0.123 e. The minimum absolute atomic E-state index is 0.207. The van der Waals surface area contributed by atoms with Crippen molar-refractivity contribution >= 4 is 0 Å². The normalized spacial score (nSPS) is 19.2. The number of halogens is 1. The quantitative estimate of drug-likeness (QED) is 0.769. The molecule has 1 aliphatic rings. The van der Waals surface area contributed by atoms with Crippen molar-refractivity contribution in [2.45, 2.75) is 31.1 Å². The standard InChI is InChI=1S/C21H18FN3/c22-17-5-2-15(3-6-17)18-8-4-16-11-14(13-23)1-7-19(16)20(18)12-21-24-9-10-25-21/h1-3,5-7,9-11,18,20H,4,8,12H2,(H,24,25)/t18-,20?/m1/s1. The van der Waals surface area contributed by atoms with Crippen LogP contribution in [0.25, 0.3) is 0 Å². The summed E-state index contributed by atoms with van der Waals surface area (Å²) in [6, 6.07) is 15.1. The van der Waals surface area contributed by atoms with Gasteiger partial charge in [-0.05, 0) is 65.6 Å². The molecule has 0 spiro atoms. The fraction of sp³-hybridized carbons (Fsp3) is 0.238. The molecule has 2 atom stereocenters. The van der Waals surface area contributed by atoms with Crippen LogP contribution in [0, 0.1) is 17.1 Å². The van der Waals surface area contributed by atoms with Crippen LogP contribution in [-0.2, 0) is 12.8 Å². The Morgan fingerprint density at radius 2 is 2.04 bits per heavy atom. The lowest BCUT2D eigenvalue weighted by Gasteiger charge is -2.34. The van der Waals surface area contributed by atoms with Gasteiger partial charge in [0.15, 0.2) is 0 Å². The summed E-state index contributed by atoms with van der Waals surface area (Å²) in [5.41, 5.74) is 4.38. The molecule has 2 aromatic carbocycles. The minimum Gasteiger partial charge on any atom is -0.349 e. The Kier molecular flexibility index (Phi) is 4.07. The molecular formula is C21H18FN3. The van der Waals surface area contributed by atoms with E-state index in [2.05, 4.69) is 22.1 Å². The summed E-state index contributed by atoms with van der Waals surface area (Å²) in [5, 5.41) is 9.17. The van der Waals surface area contributed by atoms with Crippen LogP contribution in [0.1, 0.15) is 46.3 Å². The van der Waals surface area contributed by atoms with Crippen molar-refractivity contribution in [1.82, 2.24) is 9.97 Å². The van der Waals surface area contributed by atoms with Gasteiger partial charge in [-0.3, -0.25) is 0 Å². The lowest BCUT2D eigenvalue weighted by Crippen LogP contribution is -2.22. The van der Waals surface area contributed by atoms with E-state index in [0.717, 1.165) is 30.7 Å². The van der Waals surface area contributed by atoms with Gasteiger partial charge in [-0.25, -0.2) is 9.37 Å². The van der Waals surface area contributed by atoms with Gasteiger partial charge in [0.25, 0.3) is 0 Å². The van der Waals surface area contributed by atoms with E-state index in [9.17, 15) is 4.39 Å². The van der Waals surface area contributed by atoms with Crippen LogP contribution in [0.5, 0.6) is 0 Å². The highest BCUT2D eigenvalue weighted by molar-refractivity contribution is 5.44. The Bertz CT molecular complexity index is 907. The SMILES string of the molecule is N#Cc1ccc2c(c1)CC[C@H](c1ccc(F)cc1)C2Cc1ncc[nH]1. The number of imidazole rings is 1. The van der Waals surface area contributed by atoms with Crippen LogP contribution in [0.2, 0.25) is 0 Å². The maximum Gasteiger partial charge on any atom is 0.123 e. The number of nitrogens with zero attached hydrogens (tertiary/aromatic N) is 2. The zero-order chi connectivity index (χ0) is 17.2. The van der Waals surface area contributed by atoms with Crippen molar-refractivity contribution in [2.75, 3.05) is 0 Å². The van der Waals surface area contributed by atoms with E-state index in [0.29, 0.717) is 11.5 Å². The maximum atomic E-state index is 13.3. The summed E-state index contributed by atoms with van der Waals surface area (Å²) in [6.07, 6.45) is 6.32. The van der Waals surface area contributed by atoms with Crippen molar-refractivity contribution < 1.29 is 4.39 Å². The van der Waals surface area contributed by atoms with E-state index in [4.69, 9.17) is 5.26 Å². The average Bonchev–Trinajstić information content (AvgIpc) is 3.15. The molecule has 3 aromatic rings. The number of benzene rings is 2. The van der Waals surface area contributed by atoms with Gasteiger partial charge in [0.2, 0.25) is 0 Å². The van der Waals surface area contributed by atoms with Crippen LogP contribution in [0.3, 0.4) is 0 Å². The van der Waals surface area contributed by atoms with E-state index < -0.39 is 0 Å². The number of rotatable bonds is 3. The van der Waals surface area contributed by atoms with Gasteiger partial charge in [0, 0.05) is 18.8 Å². The second-order valence-corrected chi connectivity index (χ2v) is 6.57. The van der Waals surface area contributed by atoms with Gasteiger partial charge in [-0.1, -0.05) is 18.2 Å². The van der Waals surface area contributed by atoms with E-state index in [1.54, 1.807) is 6.20 Å². The van der Waals surface area contributed by atoms with Gasteiger partial charge < -0.3 is 4.98 Å². The van der Waals surface area contributed by atoms with Crippen LogP contribution in [0.4, 0.5) is 4.39 Å². The highest BCUT2D eigenvalue weighted by Gasteiger charge is 2.31. The Morgan fingerprint density at radius 3 is 2.76 bits per heavy atom. The lowest BCUT2D eigenvalue weighted by atomic mass is 9.70. The third kappa shape index (κ3) is 3.06. The van der Waals surface area contributed by atoms with Crippen LogP contribution >= 0.6 is 0 Å². The first kappa shape index (κ1) is 15.6. The maximum absolute atomic E-state index is 13.3. The van der Waals surface area contributed by atoms with Gasteiger partial charge in [-0.2, -0.15) is 5.26 Å². The molecule has 1 aromatic heterocycles. The third-order valence-corrected chi connectivity index (χ3v) is 5.15. The van der Waals surface area contributed by atoms with Crippen molar-refractivity contribution in [3.63, 3.8) is 0 Å². The zero-order valence-corrected chi connectivity index (χ0v) is 13.7. The molecule has 0 radical (unpaired) electrons. The zero-order valence-electron chi connectivity index (χ0n) is 13.7. The highest BCUT2D eigenvalue weighted by atomic mass is 19.1. The average molecular weight is 331 g/mol. The molecule has 0 bridgehead atoms. The fourth-order valence-corrected chi connectivity index (χ4v) is 3.96. The molecule has 4 heteroatoms. The number of hydrogen-bond acceptors (Lipinski definition) is 2. The fourth-order valence-electron chi connectivity index (χ4n) is 3.96. The monoisotopic (exact) mass is 331 g/mol. The van der Waals surface area contributed by atoms with Crippen molar-refractivity contribution in [3.05, 3.63) is 88.8 Å². The van der Waals surface area contributed by atoms with E-state index in [1.165, 1.54) is 23.3 Å². The Labute approximate surface area is 146 Å². The van der Waals surface area contributed by atoms with Crippen LogP contribution in [0.15, 0.2) is 54.9 Å². The number of aromatic nitrogens is 2. The van der Waals surface area contributed by atoms with E-state index in [-0.39, 0.29) is 11.7 Å². The van der Waals surface area contributed by atoms with Crippen molar-refractivity contribution in [3.8, 4) is 6.07 Å². The molecular weight excluding hydrogens is 313 g/mol. The molecule has 1 N–H and O–H groups in total. The minimum atomic E-state index is -0.207. The summed E-state index contributed by atoms with van der Waals surface area (Å²) >= 11 is 0. The molecule has 0 saturated heterocycles. The molecule has 0 aliphatic heterocycles. The molecule has 1 heterocycles. The molecule has 124 valence electrons. The third-order valence-electron chi connectivity index (χ3n) is 5.15. The van der Waals surface area contributed by atoms with E-state index in [1.807, 2.05) is 30.5 Å². The van der Waals surface area contributed by atoms with Gasteiger partial charge in [0.1, 0.15) is 11.6 Å². The second-order valence-electron chi connectivity index (χ2n) is 6.57. The molecule has 0 fully saturated rings. The van der Waals surface area contributed by atoms with Gasteiger partial charge in [-0.15, -0.1) is 0 Å². The first-order chi connectivity index (χ1) is 12.2. The first-order valence-electron chi connectivity index (χ1n) is 8.51. The molecule has 1 aliphatic carbocycles. The number of nitriles is 1. The molecule has 0 saturated carbocycles. The Morgan fingerprint density at radius 1 is 1.20 bits per heavy atom. The summed E-state index contributed by atoms with van der Waals surface area (Å²) in [4.78, 5) is 7.59. The molecule has 25 heavy (non-hydrogen) atoms. The molecule has 1 unspecified atom stereocenters. The van der Waals surface area contributed by atoms with Crippen LogP contribution in [-0.4, -0.2) is 9.97 Å². The van der Waals surface area contributed by atoms with Crippen molar-refractivity contribution in [1.29, 1.82) is 5.26 Å². The van der Waals surface area contributed by atoms with Gasteiger partial charge >= 0.3 is 0 Å². The number of nitrogens with one attached hydrogen (secondary N) is 1. The van der Waals surface area contributed by atoms with E-state index >= 15 is 0 Å². The summed E-state index contributed by atoms with van der Waals surface area (Å²) in [5.74, 6) is 1.31. The van der Waals surface area contributed by atoms with Gasteiger partial charge in [0.05, 0.1) is 11.6 Å². The second kappa shape index (κ2) is 6.52. The number of hydrogen-bond donors (Lipinski definition) is 1. The number of H-pyrrole nitrogens is 1. The number of fused-ring (bicyclic) bond motifs is 1. The Balaban J connectivity index is 1.75. The van der Waals surface area contributed by atoms with Crippen molar-refractivity contribution in [2.24, 2.45) is 0 Å². The number of aromatic amines is 1. The largest absolute Gasteiger partial charge is 0.349 e. The molecule has 3 nitrogen and oxygen atoms in total. The summed E-state index contributed by atoms with van der Waals surface area (Å²) < 4.78 is 13.3. The predicted octanol–water partition coefficient (Wildman–Crippen LogP) is 4.48. The lowest BCUT2D eigenvalue weighted by molar-refractivity contribution is 0.464. The molecule has 0 amide bonds. The predicted molar refractivity (Wildman–Crippen MR) is 93.7 cm³/mol. The summed E-state index contributed by atoms with van der Waals surface area (Å²) in [7, 11) is 0. The highest BCUT2D eigenvalue weighted by Crippen LogP contribution is 2.44. The first-order valence-corrected chi connectivity index (χ1v) is 8.51.